The zero-order chi connectivity index (χ0) is 14.4. The van der Waals surface area contributed by atoms with Gasteiger partial charge in [0.25, 0.3) is 0 Å². The van der Waals surface area contributed by atoms with E-state index in [9.17, 15) is 8.42 Å². The summed E-state index contributed by atoms with van der Waals surface area (Å²) in [6.45, 7) is 3.65. The van der Waals surface area contributed by atoms with E-state index in [4.69, 9.17) is 14.7 Å². The largest absolute Gasteiger partial charge is 0.359 e. The number of rotatable bonds is 5. The second kappa shape index (κ2) is 7.19. The standard InChI is InChI=1S/C12H16N2O4S/c1-4-11-10(6-18-7-17-3)12(19(15)16)9(5-13)8(2)14-11/h9H,4,6-7H2,1-3H3. The van der Waals surface area contributed by atoms with Gasteiger partial charge in [-0.25, -0.2) is 0 Å². The fourth-order valence-corrected chi connectivity index (χ4v) is 2.67. The quantitative estimate of drug-likeness (QED) is 0.426. The van der Waals surface area contributed by atoms with Crippen LogP contribution in [-0.2, 0) is 19.8 Å². The fraction of sp³-hybridized carbons (Fsp3) is 0.583. The van der Waals surface area contributed by atoms with Gasteiger partial charge in [0.2, 0.25) is 10.3 Å². The highest BCUT2D eigenvalue weighted by Gasteiger charge is 2.30. The second-order valence-corrected chi connectivity index (χ2v) is 4.86. The van der Waals surface area contributed by atoms with Crippen molar-refractivity contribution < 1.29 is 17.9 Å². The Morgan fingerprint density at radius 3 is 2.63 bits per heavy atom. The van der Waals surface area contributed by atoms with Crippen LogP contribution in [0.25, 0.3) is 0 Å². The molecule has 1 aliphatic rings. The topological polar surface area (TPSA) is 88.8 Å². The number of hydrogen-bond acceptors (Lipinski definition) is 6. The Kier molecular flexibility index (Phi) is 5.89. The van der Waals surface area contributed by atoms with Crippen molar-refractivity contribution in [2.75, 3.05) is 20.5 Å². The Bertz CT molecular complexity index is 573. The first-order chi connectivity index (χ1) is 9.06. The van der Waals surface area contributed by atoms with Crippen molar-refractivity contribution in [3.05, 3.63) is 11.3 Å². The Hall–Kier alpha value is -1.49. The van der Waals surface area contributed by atoms with Crippen LogP contribution in [0.15, 0.2) is 16.3 Å². The van der Waals surface area contributed by atoms with Gasteiger partial charge in [-0.15, -0.1) is 0 Å². The van der Waals surface area contributed by atoms with Crippen LogP contribution < -0.4 is 0 Å². The Balaban J connectivity index is 3.30. The van der Waals surface area contributed by atoms with Crippen molar-refractivity contribution in [3.63, 3.8) is 0 Å². The lowest BCUT2D eigenvalue weighted by Crippen LogP contribution is -2.30. The molecule has 0 fully saturated rings. The van der Waals surface area contributed by atoms with E-state index in [2.05, 4.69) is 4.99 Å². The van der Waals surface area contributed by atoms with E-state index >= 15 is 0 Å². The van der Waals surface area contributed by atoms with Gasteiger partial charge in [0.15, 0.2) is 0 Å². The lowest BCUT2D eigenvalue weighted by atomic mass is 9.91. The van der Waals surface area contributed by atoms with Crippen LogP contribution in [0.2, 0.25) is 0 Å². The molecule has 1 rings (SSSR count). The molecular formula is C12H16N2O4S. The summed E-state index contributed by atoms with van der Waals surface area (Å²) in [7, 11) is -0.997. The molecule has 7 heteroatoms. The number of hydrogen-bond donors (Lipinski definition) is 0. The van der Waals surface area contributed by atoms with Gasteiger partial charge in [0.05, 0.1) is 12.7 Å². The van der Waals surface area contributed by atoms with E-state index in [1.807, 2.05) is 13.0 Å². The van der Waals surface area contributed by atoms with E-state index in [1.54, 1.807) is 6.92 Å². The lowest BCUT2D eigenvalue weighted by Gasteiger charge is -2.21. The highest BCUT2D eigenvalue weighted by Crippen LogP contribution is 2.24. The molecule has 1 aliphatic heterocycles. The van der Waals surface area contributed by atoms with Crippen molar-refractivity contribution >= 4 is 20.9 Å². The third kappa shape index (κ3) is 3.50. The molecule has 0 saturated carbocycles. The summed E-state index contributed by atoms with van der Waals surface area (Å²) in [5.74, 6) is -0.838. The highest BCUT2D eigenvalue weighted by molar-refractivity contribution is 7.73. The van der Waals surface area contributed by atoms with E-state index in [1.165, 1.54) is 7.11 Å². The maximum atomic E-state index is 11.4. The summed E-state index contributed by atoms with van der Waals surface area (Å²) in [5, 5.41) is 9.12. The van der Waals surface area contributed by atoms with Crippen molar-refractivity contribution in [1.82, 2.24) is 0 Å². The van der Waals surface area contributed by atoms with Crippen molar-refractivity contribution in [1.29, 1.82) is 5.26 Å². The molecule has 1 unspecified atom stereocenters. The number of nitrogens with zero attached hydrogens (tertiary/aromatic N) is 2. The first kappa shape index (κ1) is 15.6. The van der Waals surface area contributed by atoms with E-state index in [-0.39, 0.29) is 18.3 Å². The summed E-state index contributed by atoms with van der Waals surface area (Å²) < 4.78 is 32.8. The SMILES string of the molecule is CCC1=C(COCOC)C(=S(=O)=O)C(C#N)C(C)=N1. The van der Waals surface area contributed by atoms with Crippen molar-refractivity contribution in [2.24, 2.45) is 10.9 Å². The third-order valence-electron chi connectivity index (χ3n) is 2.73. The Labute approximate surface area is 113 Å². The van der Waals surface area contributed by atoms with Crippen LogP contribution in [0.3, 0.4) is 0 Å². The van der Waals surface area contributed by atoms with Crippen LogP contribution in [0, 0.1) is 17.2 Å². The number of ether oxygens (including phenoxy) is 2. The first-order valence-corrected chi connectivity index (χ1v) is 6.84. The van der Waals surface area contributed by atoms with Crippen molar-refractivity contribution in [2.45, 2.75) is 20.3 Å². The zero-order valence-corrected chi connectivity index (χ0v) is 12.0. The highest BCUT2D eigenvalue weighted by atomic mass is 32.2. The number of methoxy groups -OCH3 is 1. The number of allylic oxidation sites excluding steroid dienone is 1. The molecule has 0 saturated heterocycles. The average molecular weight is 284 g/mol. The normalized spacial score (nSPS) is 19.2. The maximum Gasteiger partial charge on any atom is 0.219 e. The predicted molar refractivity (Wildman–Crippen MR) is 71.3 cm³/mol. The molecule has 0 amide bonds. The summed E-state index contributed by atoms with van der Waals surface area (Å²) >= 11 is 0. The van der Waals surface area contributed by atoms with Crippen LogP contribution in [-0.4, -0.2) is 39.5 Å². The lowest BCUT2D eigenvalue weighted by molar-refractivity contribution is -0.0201. The molecule has 104 valence electrons. The predicted octanol–water partition coefficient (Wildman–Crippen LogP) is 0.937. The molecule has 0 radical (unpaired) electrons. The van der Waals surface area contributed by atoms with Crippen LogP contribution in [0.4, 0.5) is 0 Å². The summed E-state index contributed by atoms with van der Waals surface area (Å²) in [5.41, 5.74) is 1.60. The molecule has 6 nitrogen and oxygen atoms in total. The van der Waals surface area contributed by atoms with Gasteiger partial charge < -0.3 is 9.47 Å². The molecule has 0 N–H and O–H groups in total. The average Bonchev–Trinajstić information content (AvgIpc) is 2.39. The smallest absolute Gasteiger partial charge is 0.219 e. The van der Waals surface area contributed by atoms with Gasteiger partial charge in [0, 0.05) is 24.1 Å². The van der Waals surface area contributed by atoms with Crippen LogP contribution in [0.5, 0.6) is 0 Å². The molecule has 0 aromatic carbocycles. The molecule has 0 aromatic heterocycles. The fourth-order valence-electron chi connectivity index (χ4n) is 1.87. The first-order valence-electron chi connectivity index (χ1n) is 5.76. The molecule has 1 heterocycles. The molecule has 19 heavy (non-hydrogen) atoms. The summed E-state index contributed by atoms with van der Waals surface area (Å²) in [4.78, 5) is 4.36. The molecule has 0 aromatic rings. The van der Waals surface area contributed by atoms with Gasteiger partial charge in [-0.2, -0.15) is 13.7 Å². The molecule has 0 aliphatic carbocycles. The number of nitriles is 1. The zero-order valence-electron chi connectivity index (χ0n) is 11.1. The molecule has 0 spiro atoms. The monoisotopic (exact) mass is 284 g/mol. The Morgan fingerprint density at radius 1 is 1.47 bits per heavy atom. The molecule has 1 atom stereocenters. The maximum absolute atomic E-state index is 11.4. The van der Waals surface area contributed by atoms with Crippen LogP contribution >= 0.6 is 0 Å². The van der Waals surface area contributed by atoms with Crippen LogP contribution in [0.1, 0.15) is 20.3 Å². The van der Waals surface area contributed by atoms with Crippen molar-refractivity contribution in [3.8, 4) is 6.07 Å². The van der Waals surface area contributed by atoms with E-state index < -0.39 is 16.2 Å². The summed E-state index contributed by atoms with van der Waals surface area (Å²) in [6, 6.07) is 1.97. The third-order valence-corrected chi connectivity index (χ3v) is 3.57. The molecule has 0 bridgehead atoms. The number of aliphatic imine (C=N–C) groups is 1. The van der Waals surface area contributed by atoms with Gasteiger partial charge in [-0.05, 0) is 13.3 Å². The van der Waals surface area contributed by atoms with Gasteiger partial charge in [0.1, 0.15) is 17.6 Å². The van der Waals surface area contributed by atoms with Gasteiger partial charge >= 0.3 is 0 Å². The van der Waals surface area contributed by atoms with E-state index in [0.717, 1.165) is 0 Å². The van der Waals surface area contributed by atoms with Gasteiger partial charge in [-0.3, -0.25) is 4.99 Å². The Morgan fingerprint density at radius 2 is 2.16 bits per heavy atom. The minimum absolute atomic E-state index is 0.0547. The minimum Gasteiger partial charge on any atom is -0.359 e. The van der Waals surface area contributed by atoms with Gasteiger partial charge in [-0.1, -0.05) is 6.92 Å². The minimum atomic E-state index is -2.48. The molecular weight excluding hydrogens is 268 g/mol. The van der Waals surface area contributed by atoms with E-state index in [0.29, 0.717) is 23.4 Å². The summed E-state index contributed by atoms with van der Waals surface area (Å²) in [6.07, 6.45) is 0.571. The second-order valence-electron chi connectivity index (χ2n) is 3.95.